The Morgan fingerprint density at radius 3 is 2.56 bits per heavy atom. The summed E-state index contributed by atoms with van der Waals surface area (Å²) in [5.74, 6) is 0.298. The number of piperidine rings is 1. The molecule has 0 aromatic heterocycles. The summed E-state index contributed by atoms with van der Waals surface area (Å²) in [6.07, 6.45) is 7.22. The van der Waals surface area contributed by atoms with Gasteiger partial charge >= 0.3 is 0 Å². The zero-order chi connectivity index (χ0) is 11.4. The maximum absolute atomic E-state index is 11.9. The summed E-state index contributed by atoms with van der Waals surface area (Å²) in [5, 5.41) is 3.34. The Hall–Kier alpha value is -0.130. The second-order valence-corrected chi connectivity index (χ2v) is 6.75. The Morgan fingerprint density at radius 1 is 1.25 bits per heavy atom. The first kappa shape index (κ1) is 12.3. The van der Waals surface area contributed by atoms with Gasteiger partial charge in [0.1, 0.15) is 0 Å². The van der Waals surface area contributed by atoms with Gasteiger partial charge in [0.25, 0.3) is 0 Å². The zero-order valence-electron chi connectivity index (χ0n) is 9.69. The van der Waals surface area contributed by atoms with Crippen LogP contribution in [0.3, 0.4) is 0 Å². The summed E-state index contributed by atoms with van der Waals surface area (Å²) in [6, 6.07) is 0.673. The second kappa shape index (κ2) is 5.47. The fourth-order valence-electron chi connectivity index (χ4n) is 1.98. The maximum Gasteiger partial charge on any atom is 0.214 e. The van der Waals surface area contributed by atoms with Crippen LogP contribution in [0.5, 0.6) is 0 Å². The lowest BCUT2D eigenvalue weighted by Gasteiger charge is -2.25. The molecule has 1 aliphatic carbocycles. The molecule has 0 spiro atoms. The molecule has 0 aromatic carbocycles. The SMILES string of the molecule is O=S(=O)(CCCNC1CC1)N1CC[CH]CC1. The minimum Gasteiger partial charge on any atom is -0.314 e. The monoisotopic (exact) mass is 245 g/mol. The van der Waals surface area contributed by atoms with Gasteiger partial charge in [-0.25, -0.2) is 12.7 Å². The predicted molar refractivity (Wildman–Crippen MR) is 64.5 cm³/mol. The van der Waals surface area contributed by atoms with Crippen LogP contribution in [0.2, 0.25) is 0 Å². The highest BCUT2D eigenvalue weighted by Gasteiger charge is 2.24. The molecule has 1 radical (unpaired) electrons. The third-order valence-corrected chi connectivity index (χ3v) is 5.10. The van der Waals surface area contributed by atoms with Crippen LogP contribution in [-0.4, -0.2) is 44.2 Å². The first-order chi connectivity index (χ1) is 7.68. The number of sulfonamides is 1. The fourth-order valence-corrected chi connectivity index (χ4v) is 3.52. The van der Waals surface area contributed by atoms with Gasteiger partial charge in [-0.05, 0) is 45.1 Å². The highest BCUT2D eigenvalue weighted by molar-refractivity contribution is 7.89. The number of nitrogens with zero attached hydrogens (tertiary/aromatic N) is 1. The van der Waals surface area contributed by atoms with Gasteiger partial charge in [-0.3, -0.25) is 0 Å². The molecule has 93 valence electrons. The average molecular weight is 245 g/mol. The van der Waals surface area contributed by atoms with Crippen LogP contribution in [0.4, 0.5) is 0 Å². The lowest BCUT2D eigenvalue weighted by molar-refractivity contribution is 0.383. The molecule has 1 saturated carbocycles. The lowest BCUT2D eigenvalue weighted by atomic mass is 10.2. The van der Waals surface area contributed by atoms with E-state index in [1.165, 1.54) is 12.8 Å². The van der Waals surface area contributed by atoms with Crippen LogP contribution in [0.15, 0.2) is 0 Å². The second-order valence-electron chi connectivity index (χ2n) is 4.66. The summed E-state index contributed by atoms with van der Waals surface area (Å²) in [6.45, 7) is 2.20. The van der Waals surface area contributed by atoms with Crippen LogP contribution < -0.4 is 5.32 Å². The van der Waals surface area contributed by atoms with E-state index >= 15 is 0 Å². The van der Waals surface area contributed by atoms with Crippen molar-refractivity contribution in [1.29, 1.82) is 0 Å². The first-order valence-electron chi connectivity index (χ1n) is 6.21. The van der Waals surface area contributed by atoms with Gasteiger partial charge in [-0.15, -0.1) is 0 Å². The molecule has 16 heavy (non-hydrogen) atoms. The minimum absolute atomic E-state index is 0.298. The summed E-state index contributed by atoms with van der Waals surface area (Å²) >= 11 is 0. The van der Waals surface area contributed by atoms with Crippen LogP contribution in [0.1, 0.15) is 32.1 Å². The third-order valence-electron chi connectivity index (χ3n) is 3.15. The topological polar surface area (TPSA) is 49.4 Å². The third kappa shape index (κ3) is 3.71. The minimum atomic E-state index is -2.99. The Balaban J connectivity index is 1.68. The van der Waals surface area contributed by atoms with Gasteiger partial charge in [0, 0.05) is 19.1 Å². The quantitative estimate of drug-likeness (QED) is 0.703. The summed E-state index contributed by atoms with van der Waals surface area (Å²) in [5.41, 5.74) is 0. The van der Waals surface area contributed by atoms with Gasteiger partial charge < -0.3 is 5.32 Å². The molecule has 0 unspecified atom stereocenters. The zero-order valence-corrected chi connectivity index (χ0v) is 10.5. The molecule has 0 bridgehead atoms. The number of rotatable bonds is 6. The Bertz CT molecular complexity index is 306. The van der Waals surface area contributed by atoms with Crippen molar-refractivity contribution >= 4 is 10.0 Å². The molecule has 5 heteroatoms. The van der Waals surface area contributed by atoms with E-state index in [0.717, 1.165) is 25.8 Å². The van der Waals surface area contributed by atoms with Crippen LogP contribution in [0.25, 0.3) is 0 Å². The summed E-state index contributed by atoms with van der Waals surface area (Å²) in [4.78, 5) is 0. The Labute approximate surface area is 98.4 Å². The Morgan fingerprint density at radius 2 is 1.94 bits per heavy atom. The predicted octanol–water partition coefficient (Wildman–Crippen LogP) is 0.758. The molecule has 1 aliphatic heterocycles. The largest absolute Gasteiger partial charge is 0.314 e. The maximum atomic E-state index is 11.9. The highest BCUT2D eigenvalue weighted by Crippen LogP contribution is 2.18. The van der Waals surface area contributed by atoms with E-state index in [0.29, 0.717) is 24.9 Å². The van der Waals surface area contributed by atoms with Crippen LogP contribution >= 0.6 is 0 Å². The van der Waals surface area contributed by atoms with E-state index in [2.05, 4.69) is 11.7 Å². The first-order valence-corrected chi connectivity index (χ1v) is 7.82. The van der Waals surface area contributed by atoms with Crippen molar-refractivity contribution < 1.29 is 8.42 Å². The smallest absolute Gasteiger partial charge is 0.214 e. The fraction of sp³-hybridized carbons (Fsp3) is 0.909. The van der Waals surface area contributed by atoms with Gasteiger partial charge in [-0.2, -0.15) is 0 Å². The molecule has 2 rings (SSSR count). The molecular weight excluding hydrogens is 224 g/mol. The van der Waals surface area contributed by atoms with Crippen molar-refractivity contribution in [2.75, 3.05) is 25.4 Å². The molecule has 4 nitrogen and oxygen atoms in total. The number of nitrogens with one attached hydrogen (secondary N) is 1. The van der Waals surface area contributed by atoms with Crippen molar-refractivity contribution in [2.45, 2.75) is 38.1 Å². The van der Waals surface area contributed by atoms with Crippen molar-refractivity contribution in [3.8, 4) is 0 Å². The van der Waals surface area contributed by atoms with E-state index in [1.807, 2.05) is 0 Å². The van der Waals surface area contributed by atoms with Gasteiger partial charge in [-0.1, -0.05) is 0 Å². The van der Waals surface area contributed by atoms with Gasteiger partial charge in [0.05, 0.1) is 5.75 Å². The van der Waals surface area contributed by atoms with Gasteiger partial charge in [0.15, 0.2) is 0 Å². The molecule has 0 aromatic rings. The molecule has 2 fully saturated rings. The molecule has 2 aliphatic rings. The lowest BCUT2D eigenvalue weighted by Crippen LogP contribution is -2.38. The van der Waals surface area contributed by atoms with E-state index in [1.54, 1.807) is 4.31 Å². The van der Waals surface area contributed by atoms with Crippen LogP contribution in [-0.2, 0) is 10.0 Å². The average Bonchev–Trinajstić information content (AvgIpc) is 3.10. The van der Waals surface area contributed by atoms with E-state index in [9.17, 15) is 8.42 Å². The van der Waals surface area contributed by atoms with E-state index < -0.39 is 10.0 Å². The molecule has 1 N–H and O–H groups in total. The normalized spacial score (nSPS) is 23.5. The molecule has 1 heterocycles. The molecule has 0 atom stereocenters. The van der Waals surface area contributed by atoms with E-state index in [4.69, 9.17) is 0 Å². The van der Waals surface area contributed by atoms with Crippen molar-refractivity contribution in [1.82, 2.24) is 9.62 Å². The van der Waals surface area contributed by atoms with Crippen molar-refractivity contribution in [2.24, 2.45) is 0 Å². The highest BCUT2D eigenvalue weighted by atomic mass is 32.2. The van der Waals surface area contributed by atoms with Crippen molar-refractivity contribution in [3.05, 3.63) is 6.42 Å². The van der Waals surface area contributed by atoms with Crippen LogP contribution in [0, 0.1) is 6.42 Å². The summed E-state index contributed by atoms with van der Waals surface area (Å²) < 4.78 is 25.5. The summed E-state index contributed by atoms with van der Waals surface area (Å²) in [7, 11) is -2.99. The van der Waals surface area contributed by atoms with E-state index in [-0.39, 0.29) is 0 Å². The molecular formula is C11H21N2O2S. The van der Waals surface area contributed by atoms with Gasteiger partial charge in [0.2, 0.25) is 10.0 Å². The van der Waals surface area contributed by atoms with Crippen molar-refractivity contribution in [3.63, 3.8) is 0 Å². The number of hydrogen-bond acceptors (Lipinski definition) is 3. The molecule has 1 saturated heterocycles. The number of hydrogen-bond donors (Lipinski definition) is 1. The Kier molecular flexibility index (Phi) is 4.21. The molecule has 0 amide bonds. The standard InChI is InChI=1S/C11H21N2O2S/c14-16(15,13-8-2-1-3-9-13)10-4-7-12-11-5-6-11/h1,11-12H,2-10H2.